The Bertz CT molecular complexity index is 621. The first-order valence-corrected chi connectivity index (χ1v) is 6.52. The standard InChI is InChI=1S/C18H22O/c1-6-10-14(5)12-13-16-15(8-3)17(9-4)19-18(16)11-7-2/h6-10,12-13H,2,5,11H2,1,3-4H3/b10-6-,13-12-,15-8-,17-9+. The zero-order valence-electron chi connectivity index (χ0n) is 12.1. The van der Waals surface area contributed by atoms with Crippen molar-refractivity contribution in [2.45, 2.75) is 27.2 Å². The van der Waals surface area contributed by atoms with E-state index in [-0.39, 0.29) is 0 Å². The quantitative estimate of drug-likeness (QED) is 0.576. The molecule has 0 aliphatic rings. The summed E-state index contributed by atoms with van der Waals surface area (Å²) in [6.07, 6.45) is 14.7. The topological polar surface area (TPSA) is 13.1 Å². The summed E-state index contributed by atoms with van der Waals surface area (Å²) in [5.74, 6) is 0.945. The summed E-state index contributed by atoms with van der Waals surface area (Å²) in [6, 6.07) is 0. The van der Waals surface area contributed by atoms with Gasteiger partial charge in [0.15, 0.2) is 0 Å². The molecule has 0 aromatic carbocycles. The molecule has 1 heteroatoms. The number of rotatable bonds is 5. The van der Waals surface area contributed by atoms with Gasteiger partial charge in [-0.05, 0) is 32.4 Å². The lowest BCUT2D eigenvalue weighted by molar-refractivity contribution is 0.490. The van der Waals surface area contributed by atoms with Crippen LogP contribution in [0.15, 0.2) is 47.5 Å². The maximum atomic E-state index is 5.86. The van der Waals surface area contributed by atoms with Crippen LogP contribution in [0.3, 0.4) is 0 Å². The van der Waals surface area contributed by atoms with Gasteiger partial charge in [-0.3, -0.25) is 0 Å². The molecule has 0 unspecified atom stereocenters. The highest BCUT2D eigenvalue weighted by molar-refractivity contribution is 5.58. The van der Waals surface area contributed by atoms with Crippen LogP contribution in [-0.2, 0) is 6.42 Å². The van der Waals surface area contributed by atoms with Gasteiger partial charge in [0.2, 0.25) is 0 Å². The SMILES string of the molecule is C=CCc1oc(=C/C)/c(=C\C)c1/C=C\C(=C)/C=C\C. The van der Waals surface area contributed by atoms with E-state index in [0.29, 0.717) is 0 Å². The van der Waals surface area contributed by atoms with Crippen LogP contribution in [0.4, 0.5) is 0 Å². The molecule has 100 valence electrons. The highest BCUT2D eigenvalue weighted by Crippen LogP contribution is 2.09. The molecule has 0 amide bonds. The summed E-state index contributed by atoms with van der Waals surface area (Å²) in [7, 11) is 0. The summed E-state index contributed by atoms with van der Waals surface area (Å²) >= 11 is 0. The number of furan rings is 1. The van der Waals surface area contributed by atoms with Crippen molar-refractivity contribution in [1.82, 2.24) is 0 Å². The molecule has 0 bridgehead atoms. The van der Waals surface area contributed by atoms with E-state index in [0.717, 1.165) is 34.0 Å². The van der Waals surface area contributed by atoms with Gasteiger partial charge in [0.25, 0.3) is 0 Å². The fourth-order valence-electron chi connectivity index (χ4n) is 1.96. The molecule has 19 heavy (non-hydrogen) atoms. The normalized spacial score (nSPS) is 13.8. The van der Waals surface area contributed by atoms with Crippen LogP contribution >= 0.6 is 0 Å². The summed E-state index contributed by atoms with van der Waals surface area (Å²) in [4.78, 5) is 0. The minimum atomic E-state index is 0.727. The van der Waals surface area contributed by atoms with Crippen molar-refractivity contribution in [3.63, 3.8) is 0 Å². The first-order chi connectivity index (χ1) is 9.17. The predicted molar refractivity (Wildman–Crippen MR) is 85.1 cm³/mol. The molecule has 0 aliphatic carbocycles. The Morgan fingerprint density at radius 3 is 2.42 bits per heavy atom. The Kier molecular flexibility index (Phi) is 5.87. The first kappa shape index (κ1) is 15.0. The van der Waals surface area contributed by atoms with Crippen molar-refractivity contribution in [3.8, 4) is 0 Å². The van der Waals surface area contributed by atoms with E-state index >= 15 is 0 Å². The third kappa shape index (κ3) is 3.72. The molecule has 0 saturated heterocycles. The van der Waals surface area contributed by atoms with E-state index in [9.17, 15) is 0 Å². The number of allylic oxidation sites excluding steroid dienone is 5. The fourth-order valence-corrected chi connectivity index (χ4v) is 1.96. The van der Waals surface area contributed by atoms with Crippen LogP contribution in [0.5, 0.6) is 0 Å². The first-order valence-electron chi connectivity index (χ1n) is 6.52. The van der Waals surface area contributed by atoms with Crippen molar-refractivity contribution >= 4 is 18.2 Å². The Balaban J connectivity index is 3.36. The minimum absolute atomic E-state index is 0.727. The second-order valence-electron chi connectivity index (χ2n) is 4.20. The Hall–Kier alpha value is -2.02. The van der Waals surface area contributed by atoms with Gasteiger partial charge in [-0.1, -0.05) is 43.0 Å². The second kappa shape index (κ2) is 7.42. The van der Waals surface area contributed by atoms with Gasteiger partial charge in [0.05, 0.1) is 0 Å². The van der Waals surface area contributed by atoms with Crippen molar-refractivity contribution in [1.29, 1.82) is 0 Å². The fraction of sp³-hybridized carbons (Fsp3) is 0.222. The van der Waals surface area contributed by atoms with Gasteiger partial charge in [-0.2, -0.15) is 0 Å². The summed E-state index contributed by atoms with van der Waals surface area (Å²) in [5, 5.41) is 1.13. The highest BCUT2D eigenvalue weighted by atomic mass is 16.3. The lowest BCUT2D eigenvalue weighted by Gasteiger charge is -1.94. The predicted octanol–water partition coefficient (Wildman–Crippen LogP) is 3.75. The van der Waals surface area contributed by atoms with Crippen LogP contribution in [0.25, 0.3) is 18.2 Å². The lowest BCUT2D eigenvalue weighted by atomic mass is 10.1. The van der Waals surface area contributed by atoms with Crippen molar-refractivity contribution in [2.75, 3.05) is 0 Å². The Morgan fingerprint density at radius 2 is 1.89 bits per heavy atom. The minimum Gasteiger partial charge on any atom is -0.460 e. The second-order valence-corrected chi connectivity index (χ2v) is 4.20. The molecule has 1 rings (SSSR count). The monoisotopic (exact) mass is 254 g/mol. The van der Waals surface area contributed by atoms with Crippen LogP contribution in [0.2, 0.25) is 0 Å². The Labute approximate surface area is 115 Å². The van der Waals surface area contributed by atoms with E-state index in [1.807, 2.05) is 51.2 Å². The number of hydrogen-bond acceptors (Lipinski definition) is 1. The number of hydrogen-bond donors (Lipinski definition) is 0. The van der Waals surface area contributed by atoms with E-state index in [1.54, 1.807) is 0 Å². The molecule has 0 spiro atoms. The van der Waals surface area contributed by atoms with Crippen molar-refractivity contribution in [3.05, 3.63) is 65.0 Å². The molecular formula is C18H22O. The summed E-state index contributed by atoms with van der Waals surface area (Å²) in [5.41, 5.74) is 2.99. The third-order valence-electron chi connectivity index (χ3n) is 2.81. The highest BCUT2D eigenvalue weighted by Gasteiger charge is 2.06. The molecule has 0 fully saturated rings. The average Bonchev–Trinajstić information content (AvgIpc) is 2.74. The third-order valence-corrected chi connectivity index (χ3v) is 2.81. The van der Waals surface area contributed by atoms with E-state index in [1.165, 1.54) is 0 Å². The maximum absolute atomic E-state index is 5.86. The van der Waals surface area contributed by atoms with Crippen LogP contribution in [0, 0.1) is 0 Å². The average molecular weight is 254 g/mol. The van der Waals surface area contributed by atoms with Crippen LogP contribution in [-0.4, -0.2) is 0 Å². The molecule has 1 heterocycles. The van der Waals surface area contributed by atoms with Gasteiger partial charge in [0, 0.05) is 17.2 Å². The van der Waals surface area contributed by atoms with Gasteiger partial charge in [-0.25, -0.2) is 0 Å². The van der Waals surface area contributed by atoms with Crippen LogP contribution < -0.4 is 10.6 Å². The molecule has 0 aliphatic heterocycles. The maximum Gasteiger partial charge on any atom is 0.130 e. The zero-order valence-corrected chi connectivity index (χ0v) is 12.1. The van der Waals surface area contributed by atoms with Crippen LogP contribution in [0.1, 0.15) is 32.1 Å². The van der Waals surface area contributed by atoms with Gasteiger partial charge in [-0.15, -0.1) is 6.58 Å². The summed E-state index contributed by atoms with van der Waals surface area (Å²) < 4.78 is 5.86. The molecular weight excluding hydrogens is 232 g/mol. The lowest BCUT2D eigenvalue weighted by Crippen LogP contribution is -2.20. The van der Waals surface area contributed by atoms with Crippen molar-refractivity contribution < 1.29 is 4.42 Å². The smallest absolute Gasteiger partial charge is 0.130 e. The largest absolute Gasteiger partial charge is 0.460 e. The molecule has 0 radical (unpaired) electrons. The molecule has 1 aromatic heterocycles. The molecule has 1 aromatic rings. The molecule has 1 nitrogen and oxygen atoms in total. The molecule has 0 atom stereocenters. The summed E-state index contributed by atoms with van der Waals surface area (Å²) in [6.45, 7) is 13.7. The van der Waals surface area contributed by atoms with E-state index in [4.69, 9.17) is 4.42 Å². The van der Waals surface area contributed by atoms with E-state index < -0.39 is 0 Å². The van der Waals surface area contributed by atoms with Gasteiger partial charge < -0.3 is 4.42 Å². The van der Waals surface area contributed by atoms with Crippen molar-refractivity contribution in [2.24, 2.45) is 0 Å². The van der Waals surface area contributed by atoms with Gasteiger partial charge in [0.1, 0.15) is 11.2 Å². The molecule has 0 N–H and O–H groups in total. The Morgan fingerprint density at radius 1 is 1.16 bits per heavy atom. The van der Waals surface area contributed by atoms with E-state index in [2.05, 4.69) is 25.3 Å². The van der Waals surface area contributed by atoms with Gasteiger partial charge >= 0.3 is 0 Å². The molecule has 0 saturated carbocycles. The zero-order chi connectivity index (χ0) is 14.3.